The molecule has 1 aliphatic rings. The summed E-state index contributed by atoms with van der Waals surface area (Å²) in [5.41, 5.74) is 1.56. The topological polar surface area (TPSA) is 122 Å². The number of nitrogens with one attached hydrogen (secondary N) is 2. The van der Waals surface area contributed by atoms with E-state index in [1.807, 2.05) is 0 Å². The van der Waals surface area contributed by atoms with Gasteiger partial charge in [-0.25, -0.2) is 12.7 Å². The average molecular weight is 494 g/mol. The number of rotatable bonds is 6. The van der Waals surface area contributed by atoms with E-state index in [1.54, 1.807) is 25.1 Å². The number of carbonyl (C=O) groups excluding carboxylic acids is 3. The number of benzene rings is 2. The predicted octanol–water partition coefficient (Wildman–Crippen LogP) is 2.12. The minimum Gasteiger partial charge on any atom is -0.496 e. The van der Waals surface area contributed by atoms with Crippen LogP contribution < -0.4 is 15.4 Å². The lowest BCUT2D eigenvalue weighted by Gasteiger charge is -2.24. The van der Waals surface area contributed by atoms with Gasteiger partial charge in [0.15, 0.2) is 0 Å². The van der Waals surface area contributed by atoms with E-state index >= 15 is 0 Å². The quantitative estimate of drug-likeness (QED) is 0.635. The van der Waals surface area contributed by atoms with Gasteiger partial charge >= 0.3 is 0 Å². The molecule has 33 heavy (non-hydrogen) atoms. The molecule has 1 heterocycles. The largest absolute Gasteiger partial charge is 0.496 e. The molecule has 3 rings (SSSR count). The van der Waals surface area contributed by atoms with Crippen molar-refractivity contribution in [3.63, 3.8) is 0 Å². The van der Waals surface area contributed by atoms with E-state index in [0.29, 0.717) is 31.9 Å². The van der Waals surface area contributed by atoms with Crippen molar-refractivity contribution < 1.29 is 27.5 Å². The van der Waals surface area contributed by atoms with Gasteiger partial charge < -0.3 is 15.4 Å². The van der Waals surface area contributed by atoms with E-state index in [1.165, 1.54) is 32.2 Å². The van der Waals surface area contributed by atoms with Crippen LogP contribution in [0.5, 0.6) is 5.75 Å². The molecular weight excluding hydrogens is 470 g/mol. The number of hydrogen-bond donors (Lipinski definition) is 2. The summed E-state index contributed by atoms with van der Waals surface area (Å²) >= 11 is 6.08. The minimum absolute atomic E-state index is 0.0373. The number of amides is 3. The maximum atomic E-state index is 13.4. The van der Waals surface area contributed by atoms with E-state index in [-0.39, 0.29) is 23.8 Å². The van der Waals surface area contributed by atoms with Crippen molar-refractivity contribution in [3.05, 3.63) is 52.5 Å². The Labute approximate surface area is 197 Å². The number of ether oxygens (including phenoxy) is 1. The van der Waals surface area contributed by atoms with Crippen molar-refractivity contribution in [2.24, 2.45) is 5.92 Å². The molecule has 0 aliphatic carbocycles. The van der Waals surface area contributed by atoms with Crippen LogP contribution in [0.3, 0.4) is 0 Å². The van der Waals surface area contributed by atoms with Gasteiger partial charge in [-0.05, 0) is 54.8 Å². The normalized spacial score (nSPS) is 16.7. The summed E-state index contributed by atoms with van der Waals surface area (Å²) in [6.45, 7) is 2.33. The van der Waals surface area contributed by atoms with Crippen LogP contribution in [0, 0.1) is 12.8 Å². The molecule has 0 aromatic heterocycles. The first-order valence-electron chi connectivity index (χ1n) is 10.1. The molecule has 0 saturated carbocycles. The number of sulfonamides is 1. The van der Waals surface area contributed by atoms with Crippen LogP contribution in [0.1, 0.15) is 18.1 Å². The van der Waals surface area contributed by atoms with Crippen LogP contribution in [-0.4, -0.2) is 50.6 Å². The molecule has 1 unspecified atom stereocenters. The zero-order valence-electron chi connectivity index (χ0n) is 18.3. The molecule has 2 aromatic carbocycles. The smallest absolute Gasteiger partial charge is 0.267 e. The Morgan fingerprint density at radius 3 is 2.64 bits per heavy atom. The first-order chi connectivity index (χ1) is 15.5. The zero-order chi connectivity index (χ0) is 24.3. The van der Waals surface area contributed by atoms with Crippen molar-refractivity contribution in [2.45, 2.75) is 25.2 Å². The zero-order valence-corrected chi connectivity index (χ0v) is 19.9. The highest BCUT2D eigenvalue weighted by atomic mass is 35.5. The van der Waals surface area contributed by atoms with Crippen LogP contribution in [0.4, 0.5) is 5.69 Å². The monoisotopic (exact) mass is 493 g/mol. The highest BCUT2D eigenvalue weighted by Gasteiger charge is 2.38. The van der Waals surface area contributed by atoms with Crippen LogP contribution >= 0.6 is 11.6 Å². The lowest BCUT2D eigenvalue weighted by atomic mass is 9.98. The molecule has 2 N–H and O–H groups in total. The number of methoxy groups -OCH3 is 1. The molecule has 0 radical (unpaired) electrons. The number of hydrogen-bond acceptors (Lipinski definition) is 6. The standard InChI is InChI=1S/C22H24ClN3O6S/c1-13-4-6-18(10-19(13)25-14(2)27)33(30,31)26-12-21(28)24-11-16(22(26)29)8-15-9-17(23)5-7-20(15)32-3/h4-7,9-10,16H,8,11-12H2,1-3H3,(H,24,28)(H,25,27). The van der Waals surface area contributed by atoms with Crippen LogP contribution in [-0.2, 0) is 30.8 Å². The summed E-state index contributed by atoms with van der Waals surface area (Å²) in [6, 6.07) is 9.06. The fourth-order valence-corrected chi connectivity index (χ4v) is 5.17. The first-order valence-corrected chi connectivity index (χ1v) is 11.9. The summed E-state index contributed by atoms with van der Waals surface area (Å²) in [6.07, 6.45) is 0.111. The van der Waals surface area contributed by atoms with Gasteiger partial charge in [0.1, 0.15) is 12.3 Å². The number of nitrogens with zero attached hydrogens (tertiary/aromatic N) is 1. The fourth-order valence-electron chi connectivity index (χ4n) is 3.54. The Hall–Kier alpha value is -3.11. The number of carbonyl (C=O) groups is 3. The van der Waals surface area contributed by atoms with Gasteiger partial charge in [-0.15, -0.1) is 0 Å². The highest BCUT2D eigenvalue weighted by molar-refractivity contribution is 7.89. The summed E-state index contributed by atoms with van der Waals surface area (Å²) in [7, 11) is -2.90. The molecular formula is C22H24ClN3O6S. The Morgan fingerprint density at radius 2 is 1.97 bits per heavy atom. The fraction of sp³-hybridized carbons (Fsp3) is 0.318. The number of aryl methyl sites for hydroxylation is 1. The third-order valence-electron chi connectivity index (χ3n) is 5.24. The van der Waals surface area contributed by atoms with Gasteiger partial charge in [0.25, 0.3) is 10.0 Å². The molecule has 0 bridgehead atoms. The van der Waals surface area contributed by atoms with Crippen molar-refractivity contribution in [1.82, 2.24) is 9.62 Å². The maximum absolute atomic E-state index is 13.4. The number of anilines is 1. The summed E-state index contributed by atoms with van der Waals surface area (Å²) in [5, 5.41) is 5.60. The SMILES string of the molecule is COc1ccc(Cl)cc1CC1CNC(=O)CN(S(=O)(=O)c2ccc(C)c(NC(C)=O)c2)C1=O. The summed E-state index contributed by atoms with van der Waals surface area (Å²) in [5.74, 6) is -2.05. The molecule has 9 nitrogen and oxygen atoms in total. The van der Waals surface area contributed by atoms with E-state index in [4.69, 9.17) is 16.3 Å². The second-order valence-corrected chi connectivity index (χ2v) is 9.97. The van der Waals surface area contributed by atoms with Gasteiger partial charge in [0.05, 0.1) is 17.9 Å². The molecule has 3 amide bonds. The van der Waals surface area contributed by atoms with Crippen LogP contribution in [0.25, 0.3) is 0 Å². The van der Waals surface area contributed by atoms with E-state index in [0.717, 1.165) is 0 Å². The molecule has 1 saturated heterocycles. The van der Waals surface area contributed by atoms with Crippen molar-refractivity contribution >= 4 is 45.0 Å². The highest BCUT2D eigenvalue weighted by Crippen LogP contribution is 2.29. The van der Waals surface area contributed by atoms with Gasteiger partial charge in [-0.1, -0.05) is 17.7 Å². The van der Waals surface area contributed by atoms with Crippen molar-refractivity contribution in [3.8, 4) is 5.75 Å². The first kappa shape index (κ1) is 24.5. The lowest BCUT2D eigenvalue weighted by Crippen LogP contribution is -2.42. The third-order valence-corrected chi connectivity index (χ3v) is 7.22. The molecule has 0 spiro atoms. The lowest BCUT2D eigenvalue weighted by molar-refractivity contribution is -0.131. The Kier molecular flexibility index (Phi) is 7.28. The molecule has 1 aliphatic heterocycles. The van der Waals surface area contributed by atoms with Crippen LogP contribution in [0.15, 0.2) is 41.3 Å². The van der Waals surface area contributed by atoms with Crippen LogP contribution in [0.2, 0.25) is 5.02 Å². The molecule has 1 atom stereocenters. The van der Waals surface area contributed by atoms with E-state index in [2.05, 4.69) is 10.6 Å². The second kappa shape index (κ2) is 9.80. The van der Waals surface area contributed by atoms with E-state index < -0.39 is 34.3 Å². The molecule has 176 valence electrons. The molecule has 11 heteroatoms. The van der Waals surface area contributed by atoms with Gasteiger partial charge in [-0.2, -0.15) is 0 Å². The summed E-state index contributed by atoms with van der Waals surface area (Å²) in [4.78, 5) is 36.9. The Balaban J connectivity index is 1.98. The van der Waals surface area contributed by atoms with Gasteiger partial charge in [-0.3, -0.25) is 14.4 Å². The molecule has 2 aromatic rings. The number of halogens is 1. The second-order valence-electron chi connectivity index (χ2n) is 7.67. The Bertz CT molecular complexity index is 1210. The van der Waals surface area contributed by atoms with E-state index in [9.17, 15) is 22.8 Å². The predicted molar refractivity (Wildman–Crippen MR) is 123 cm³/mol. The third kappa shape index (κ3) is 5.45. The van der Waals surface area contributed by atoms with Crippen molar-refractivity contribution in [2.75, 3.05) is 25.5 Å². The maximum Gasteiger partial charge on any atom is 0.267 e. The van der Waals surface area contributed by atoms with Crippen molar-refractivity contribution in [1.29, 1.82) is 0 Å². The minimum atomic E-state index is -4.38. The summed E-state index contributed by atoms with van der Waals surface area (Å²) < 4.78 is 32.7. The Morgan fingerprint density at radius 1 is 1.24 bits per heavy atom. The van der Waals surface area contributed by atoms with Gasteiger partial charge in [0.2, 0.25) is 17.7 Å². The average Bonchev–Trinajstić information content (AvgIpc) is 2.89. The molecule has 1 fully saturated rings. The van der Waals surface area contributed by atoms with Gasteiger partial charge in [0, 0.05) is 24.2 Å².